The van der Waals surface area contributed by atoms with Crippen molar-refractivity contribution in [2.75, 3.05) is 0 Å². The number of hydrogen-bond acceptors (Lipinski definition) is 4. The molecule has 1 aromatic heterocycles. The molecule has 31 heavy (non-hydrogen) atoms. The van der Waals surface area contributed by atoms with Gasteiger partial charge in [-0.2, -0.15) is 5.10 Å². The third-order valence-electron chi connectivity index (χ3n) is 5.03. The van der Waals surface area contributed by atoms with E-state index in [0.717, 1.165) is 17.7 Å². The smallest absolute Gasteiger partial charge is 0.290 e. The molecule has 4 rings (SSSR count). The molecule has 0 fully saturated rings. The van der Waals surface area contributed by atoms with Crippen LogP contribution in [-0.4, -0.2) is 27.7 Å². The quantitative estimate of drug-likeness (QED) is 0.615. The molecule has 1 atom stereocenters. The Kier molecular flexibility index (Phi) is 5.66. The molecule has 2 aromatic carbocycles. The van der Waals surface area contributed by atoms with E-state index in [2.05, 4.69) is 16.0 Å². The summed E-state index contributed by atoms with van der Waals surface area (Å²) in [6, 6.07) is 11.9. The maximum atomic E-state index is 14.2. The number of nitrogens with one attached hydrogen (secondary N) is 2. The lowest BCUT2D eigenvalue weighted by atomic mass is 10.2. The maximum absolute atomic E-state index is 14.2. The van der Waals surface area contributed by atoms with Gasteiger partial charge < -0.3 is 4.74 Å². The van der Waals surface area contributed by atoms with E-state index >= 15 is 0 Å². The minimum absolute atomic E-state index is 0.0714. The third-order valence-corrected chi connectivity index (χ3v) is 5.03. The number of para-hydroxylation sites is 2. The number of nitrogens with zero attached hydrogens (tertiary/aromatic N) is 2. The second kappa shape index (κ2) is 8.55. The number of fused-ring (bicyclic) bond motifs is 1. The lowest BCUT2D eigenvalue weighted by Crippen LogP contribution is -2.47. The molecule has 2 N–H and O–H groups in total. The van der Waals surface area contributed by atoms with E-state index in [1.165, 1.54) is 35.9 Å². The largest absolute Gasteiger partial charge is 0.478 e. The van der Waals surface area contributed by atoms with Gasteiger partial charge in [0.2, 0.25) is 0 Å². The molecule has 160 valence electrons. The van der Waals surface area contributed by atoms with Gasteiger partial charge in [0.05, 0.1) is 0 Å². The fourth-order valence-corrected chi connectivity index (χ4v) is 3.51. The topological polar surface area (TPSA) is 85.2 Å². The molecule has 1 aliphatic rings. The number of carbonyl (C=O) groups excluding carboxylic acids is 2. The molecule has 0 saturated heterocycles. The summed E-state index contributed by atoms with van der Waals surface area (Å²) in [5, 5.41) is 4.30. The molecular formula is C22H20F2N4O3. The van der Waals surface area contributed by atoms with Crippen LogP contribution < -0.4 is 15.6 Å². The fourth-order valence-electron chi connectivity index (χ4n) is 3.51. The molecule has 0 aliphatic heterocycles. The van der Waals surface area contributed by atoms with Gasteiger partial charge in [-0.25, -0.2) is 13.5 Å². The van der Waals surface area contributed by atoms with Gasteiger partial charge in [-0.15, -0.1) is 0 Å². The van der Waals surface area contributed by atoms with E-state index in [1.807, 2.05) is 0 Å². The first kappa shape index (κ1) is 20.5. The van der Waals surface area contributed by atoms with Crippen molar-refractivity contribution in [1.82, 2.24) is 20.6 Å². The summed E-state index contributed by atoms with van der Waals surface area (Å²) in [6.45, 7) is 1.43. The monoisotopic (exact) mass is 426 g/mol. The fraction of sp³-hybridized carbons (Fsp3) is 0.227. The number of aromatic nitrogens is 2. The van der Waals surface area contributed by atoms with Gasteiger partial charge in [-0.3, -0.25) is 20.4 Å². The van der Waals surface area contributed by atoms with E-state index in [-0.39, 0.29) is 17.1 Å². The van der Waals surface area contributed by atoms with Crippen molar-refractivity contribution in [3.05, 3.63) is 77.1 Å². The first-order valence-electron chi connectivity index (χ1n) is 9.82. The van der Waals surface area contributed by atoms with Gasteiger partial charge in [-0.1, -0.05) is 24.3 Å². The lowest BCUT2D eigenvalue weighted by molar-refractivity contribution is -0.128. The number of amides is 2. The molecule has 7 nitrogen and oxygen atoms in total. The molecule has 1 aliphatic carbocycles. The predicted molar refractivity (Wildman–Crippen MR) is 108 cm³/mol. The Morgan fingerprint density at radius 2 is 1.74 bits per heavy atom. The molecule has 0 radical (unpaired) electrons. The zero-order chi connectivity index (χ0) is 22.0. The second-order valence-corrected chi connectivity index (χ2v) is 7.12. The molecule has 0 saturated carbocycles. The van der Waals surface area contributed by atoms with Gasteiger partial charge in [0.15, 0.2) is 23.4 Å². The van der Waals surface area contributed by atoms with Gasteiger partial charge in [0.1, 0.15) is 11.5 Å². The number of rotatable bonds is 5. The summed E-state index contributed by atoms with van der Waals surface area (Å²) in [4.78, 5) is 24.9. The highest BCUT2D eigenvalue weighted by Crippen LogP contribution is 2.28. The number of carbonyl (C=O) groups is 2. The minimum atomic E-state index is -1.06. The van der Waals surface area contributed by atoms with Crippen molar-refractivity contribution in [2.45, 2.75) is 32.3 Å². The van der Waals surface area contributed by atoms with E-state index in [9.17, 15) is 18.4 Å². The average Bonchev–Trinajstić information content (AvgIpc) is 3.37. The second-order valence-electron chi connectivity index (χ2n) is 7.12. The zero-order valence-corrected chi connectivity index (χ0v) is 16.7. The van der Waals surface area contributed by atoms with Crippen LogP contribution in [0.2, 0.25) is 0 Å². The van der Waals surface area contributed by atoms with Crippen LogP contribution in [0.15, 0.2) is 48.5 Å². The van der Waals surface area contributed by atoms with Crippen molar-refractivity contribution in [2.24, 2.45) is 0 Å². The Balaban J connectivity index is 1.46. The van der Waals surface area contributed by atoms with Crippen molar-refractivity contribution >= 4 is 11.8 Å². The highest BCUT2D eigenvalue weighted by atomic mass is 19.1. The number of hydrazine groups is 1. The van der Waals surface area contributed by atoms with Crippen LogP contribution in [0.1, 0.15) is 35.1 Å². The Hall–Kier alpha value is -3.75. The van der Waals surface area contributed by atoms with Crippen LogP contribution in [0.25, 0.3) is 5.69 Å². The standard InChI is InChI=1S/C22H20F2N4O3/c1-13(31-19-12-5-3-9-16(19)24)21(29)25-26-22(30)20-14-7-6-11-17(14)28(27-20)18-10-4-2-8-15(18)23/h2-5,8-10,12-13H,6-7,11H2,1H3,(H,25,29)(H,26,30). The van der Waals surface area contributed by atoms with Crippen molar-refractivity contribution in [1.29, 1.82) is 0 Å². The van der Waals surface area contributed by atoms with E-state index < -0.39 is 29.6 Å². The molecule has 9 heteroatoms. The Morgan fingerprint density at radius 3 is 2.48 bits per heavy atom. The summed E-state index contributed by atoms with van der Waals surface area (Å²) in [6.07, 6.45) is 1.07. The van der Waals surface area contributed by atoms with Crippen LogP contribution >= 0.6 is 0 Å². The number of benzene rings is 2. The van der Waals surface area contributed by atoms with Crippen molar-refractivity contribution in [3.63, 3.8) is 0 Å². The summed E-state index contributed by atoms with van der Waals surface area (Å²) in [7, 11) is 0. The number of halogens is 2. The normalized spacial score (nSPS) is 13.4. The van der Waals surface area contributed by atoms with E-state index in [4.69, 9.17) is 4.74 Å². The third kappa shape index (κ3) is 4.11. The molecule has 1 heterocycles. The van der Waals surface area contributed by atoms with Crippen LogP contribution in [-0.2, 0) is 17.6 Å². The lowest BCUT2D eigenvalue weighted by Gasteiger charge is -2.15. The molecule has 0 spiro atoms. The molecule has 1 unspecified atom stereocenters. The van der Waals surface area contributed by atoms with Gasteiger partial charge in [0.25, 0.3) is 11.8 Å². The predicted octanol–water partition coefficient (Wildman–Crippen LogP) is 2.87. The van der Waals surface area contributed by atoms with Gasteiger partial charge in [-0.05, 0) is 50.5 Å². The van der Waals surface area contributed by atoms with E-state index in [0.29, 0.717) is 12.8 Å². The Morgan fingerprint density at radius 1 is 1.03 bits per heavy atom. The summed E-state index contributed by atoms with van der Waals surface area (Å²) in [5.41, 5.74) is 6.46. The molecule has 2 amide bonds. The van der Waals surface area contributed by atoms with Gasteiger partial charge in [0, 0.05) is 11.3 Å². The Bertz CT molecular complexity index is 1150. The van der Waals surface area contributed by atoms with Crippen LogP contribution in [0.3, 0.4) is 0 Å². The van der Waals surface area contributed by atoms with Crippen molar-refractivity contribution in [3.8, 4) is 11.4 Å². The maximum Gasteiger partial charge on any atom is 0.290 e. The summed E-state index contributed by atoms with van der Waals surface area (Å²) in [5.74, 6) is -2.40. The summed E-state index contributed by atoms with van der Waals surface area (Å²) < 4.78 is 34.7. The molecular weight excluding hydrogens is 406 g/mol. The van der Waals surface area contributed by atoms with Crippen LogP contribution in [0, 0.1) is 11.6 Å². The zero-order valence-electron chi connectivity index (χ0n) is 16.7. The first-order chi connectivity index (χ1) is 15.0. The van der Waals surface area contributed by atoms with Crippen molar-refractivity contribution < 1.29 is 23.1 Å². The van der Waals surface area contributed by atoms with Crippen LogP contribution in [0.4, 0.5) is 8.78 Å². The SMILES string of the molecule is CC(Oc1ccccc1F)C(=O)NNC(=O)c1nn(-c2ccccc2F)c2c1CCC2. The van der Waals surface area contributed by atoms with E-state index in [1.54, 1.807) is 24.3 Å². The van der Waals surface area contributed by atoms with Crippen LogP contribution in [0.5, 0.6) is 5.75 Å². The number of hydrogen-bond donors (Lipinski definition) is 2. The first-order valence-corrected chi connectivity index (χ1v) is 9.82. The summed E-state index contributed by atoms with van der Waals surface area (Å²) >= 11 is 0. The number of ether oxygens (including phenoxy) is 1. The van der Waals surface area contributed by atoms with Gasteiger partial charge >= 0.3 is 0 Å². The average molecular weight is 426 g/mol. The highest BCUT2D eigenvalue weighted by molar-refractivity contribution is 5.95. The highest BCUT2D eigenvalue weighted by Gasteiger charge is 2.28. The minimum Gasteiger partial charge on any atom is -0.478 e. The Labute approximate surface area is 177 Å². The molecule has 0 bridgehead atoms. The molecule has 3 aromatic rings.